The molecule has 0 spiro atoms. The zero-order valence-corrected chi connectivity index (χ0v) is 7.50. The topological polar surface area (TPSA) is 82.9 Å². The maximum atomic E-state index is 11.2. The van der Waals surface area contributed by atoms with Crippen molar-refractivity contribution in [2.45, 2.75) is 37.4 Å². The lowest BCUT2D eigenvalue weighted by Crippen LogP contribution is -2.21. The van der Waals surface area contributed by atoms with Crippen molar-refractivity contribution in [3.8, 4) is 0 Å². The van der Waals surface area contributed by atoms with Crippen LogP contribution in [0.3, 0.4) is 0 Å². The Morgan fingerprint density at radius 2 is 1.83 bits per heavy atom. The first-order chi connectivity index (χ1) is 5.67. The molecule has 12 heavy (non-hydrogen) atoms. The highest BCUT2D eigenvalue weighted by atomic mass is 32.2. The van der Waals surface area contributed by atoms with Crippen molar-refractivity contribution in [1.29, 1.82) is 0 Å². The summed E-state index contributed by atoms with van der Waals surface area (Å²) >= 11 is 0. The molecule has 0 aromatic rings. The fourth-order valence-corrected chi connectivity index (χ4v) is 2.64. The molecule has 0 bridgehead atoms. The molecule has 1 aliphatic carbocycles. The van der Waals surface area contributed by atoms with Crippen LogP contribution >= 0.6 is 0 Å². The van der Waals surface area contributed by atoms with Crippen molar-refractivity contribution in [1.82, 2.24) is 0 Å². The first-order valence-electron chi connectivity index (χ1n) is 3.97. The van der Waals surface area contributed by atoms with Gasteiger partial charge in [0.15, 0.2) is 0 Å². The number of sulfonamides is 1. The molecule has 1 aliphatic rings. The average molecular weight is 189 g/mol. The van der Waals surface area contributed by atoms with E-state index in [0.29, 0.717) is 12.8 Å². The summed E-state index contributed by atoms with van der Waals surface area (Å²) in [6.45, 7) is 0. The quantitative estimate of drug-likeness (QED) is 0.378. The number of hydrogen-bond acceptors (Lipinski definition) is 2. The molecule has 0 unspecified atom stereocenters. The Bertz CT molecular complexity index is 286. The standard InChI is InChI=1S/C6H11N3O2S/c7-8-9-12(10,11)6-4-2-1-3-5-6/h6H,1-5H2. The molecular formula is C6H11N3O2S. The van der Waals surface area contributed by atoms with Gasteiger partial charge in [-0.05, 0) is 18.4 Å². The van der Waals surface area contributed by atoms with Gasteiger partial charge in [-0.2, -0.15) is 0 Å². The van der Waals surface area contributed by atoms with Crippen LogP contribution in [0.2, 0.25) is 0 Å². The van der Waals surface area contributed by atoms with Crippen LogP contribution in [0.25, 0.3) is 10.4 Å². The molecule has 0 aromatic carbocycles. The highest BCUT2D eigenvalue weighted by Crippen LogP contribution is 2.24. The minimum absolute atomic E-state index is 0.429. The van der Waals surface area contributed by atoms with Gasteiger partial charge in [-0.1, -0.05) is 19.3 Å². The predicted octanol–water partition coefficient (Wildman–Crippen LogP) is 1.96. The minimum atomic E-state index is -3.53. The summed E-state index contributed by atoms with van der Waals surface area (Å²) in [6, 6.07) is 0. The third-order valence-electron chi connectivity index (χ3n) is 2.12. The second-order valence-electron chi connectivity index (χ2n) is 2.95. The molecule has 1 rings (SSSR count). The third-order valence-corrected chi connectivity index (χ3v) is 3.74. The predicted molar refractivity (Wildman–Crippen MR) is 44.9 cm³/mol. The van der Waals surface area contributed by atoms with E-state index >= 15 is 0 Å². The van der Waals surface area contributed by atoms with Crippen LogP contribution in [0, 0.1) is 0 Å². The molecule has 0 saturated heterocycles. The van der Waals surface area contributed by atoms with Crippen LogP contribution in [-0.4, -0.2) is 13.7 Å². The van der Waals surface area contributed by atoms with Gasteiger partial charge in [-0.15, -0.1) is 0 Å². The molecule has 6 heteroatoms. The first-order valence-corrected chi connectivity index (χ1v) is 5.47. The number of hydrogen-bond donors (Lipinski definition) is 0. The fourth-order valence-electron chi connectivity index (χ4n) is 1.48. The molecule has 0 N–H and O–H groups in total. The van der Waals surface area contributed by atoms with Crippen LogP contribution in [0.5, 0.6) is 0 Å². The van der Waals surface area contributed by atoms with Crippen LogP contribution in [-0.2, 0) is 10.0 Å². The molecule has 0 aromatic heterocycles. The van der Waals surface area contributed by atoms with E-state index < -0.39 is 15.3 Å². The largest absolute Gasteiger partial charge is 0.238 e. The normalized spacial score (nSPS) is 20.0. The smallest absolute Gasteiger partial charge is 0.221 e. The van der Waals surface area contributed by atoms with E-state index in [1.165, 1.54) is 0 Å². The Labute approximate surface area is 71.5 Å². The van der Waals surface area contributed by atoms with E-state index in [1.54, 1.807) is 0 Å². The molecule has 68 valence electrons. The molecule has 1 saturated carbocycles. The van der Waals surface area contributed by atoms with Crippen molar-refractivity contribution in [3.63, 3.8) is 0 Å². The van der Waals surface area contributed by atoms with Crippen molar-refractivity contribution in [2.75, 3.05) is 0 Å². The van der Waals surface area contributed by atoms with Gasteiger partial charge in [0.1, 0.15) is 0 Å². The number of nitrogens with zero attached hydrogens (tertiary/aromatic N) is 3. The second-order valence-corrected chi connectivity index (χ2v) is 4.81. The lowest BCUT2D eigenvalue weighted by atomic mass is 10.0. The molecule has 0 amide bonds. The summed E-state index contributed by atoms with van der Waals surface area (Å²) in [7, 11) is -3.53. The Hall–Kier alpha value is -0.740. The van der Waals surface area contributed by atoms with Crippen LogP contribution in [0.4, 0.5) is 0 Å². The van der Waals surface area contributed by atoms with E-state index in [0.717, 1.165) is 19.3 Å². The first kappa shape index (κ1) is 9.35. The Balaban J connectivity index is 2.73. The molecule has 0 atom stereocenters. The summed E-state index contributed by atoms with van der Waals surface area (Å²) in [6.07, 6.45) is 4.21. The van der Waals surface area contributed by atoms with E-state index in [2.05, 4.69) is 9.43 Å². The summed E-state index contributed by atoms with van der Waals surface area (Å²) in [5, 5.41) is -0.429. The van der Waals surface area contributed by atoms with Crippen LogP contribution < -0.4 is 0 Å². The Morgan fingerprint density at radius 1 is 1.25 bits per heavy atom. The summed E-state index contributed by atoms with van der Waals surface area (Å²) in [4.78, 5) is 2.32. The SMILES string of the molecule is [N-]=[N+]=NS(=O)(=O)C1CCCCC1. The van der Waals surface area contributed by atoms with Gasteiger partial charge in [-0.25, -0.2) is 8.42 Å². The van der Waals surface area contributed by atoms with Crippen molar-refractivity contribution >= 4 is 10.0 Å². The monoisotopic (exact) mass is 189 g/mol. The fraction of sp³-hybridized carbons (Fsp3) is 1.00. The molecule has 0 heterocycles. The highest BCUT2D eigenvalue weighted by Gasteiger charge is 2.25. The van der Waals surface area contributed by atoms with Crippen molar-refractivity contribution < 1.29 is 8.42 Å². The lowest BCUT2D eigenvalue weighted by Gasteiger charge is -2.18. The maximum absolute atomic E-state index is 11.2. The zero-order valence-electron chi connectivity index (χ0n) is 6.68. The molecule has 0 radical (unpaired) electrons. The van der Waals surface area contributed by atoms with Crippen molar-refractivity contribution in [3.05, 3.63) is 10.4 Å². The van der Waals surface area contributed by atoms with Gasteiger partial charge < -0.3 is 0 Å². The molecule has 1 fully saturated rings. The zero-order chi connectivity index (χ0) is 9.03. The summed E-state index contributed by atoms with van der Waals surface area (Å²) in [5.74, 6) is 0. The van der Waals surface area contributed by atoms with Gasteiger partial charge in [-0.3, -0.25) is 0 Å². The lowest BCUT2D eigenvalue weighted by molar-refractivity contribution is 0.484. The van der Waals surface area contributed by atoms with Gasteiger partial charge >= 0.3 is 0 Å². The highest BCUT2D eigenvalue weighted by molar-refractivity contribution is 7.90. The molecule has 0 aliphatic heterocycles. The van der Waals surface area contributed by atoms with Gasteiger partial charge in [0.05, 0.1) is 5.25 Å². The van der Waals surface area contributed by atoms with Crippen molar-refractivity contribution in [2.24, 2.45) is 4.52 Å². The summed E-state index contributed by atoms with van der Waals surface area (Å²) < 4.78 is 25.2. The van der Waals surface area contributed by atoms with Crippen LogP contribution in [0.1, 0.15) is 32.1 Å². The number of azide groups is 1. The van der Waals surface area contributed by atoms with E-state index in [-0.39, 0.29) is 0 Å². The van der Waals surface area contributed by atoms with Gasteiger partial charge in [0, 0.05) is 9.43 Å². The summed E-state index contributed by atoms with van der Waals surface area (Å²) in [5.41, 5.74) is 8.01. The molecule has 5 nitrogen and oxygen atoms in total. The van der Waals surface area contributed by atoms with E-state index in [4.69, 9.17) is 5.53 Å². The van der Waals surface area contributed by atoms with Crippen LogP contribution in [0.15, 0.2) is 4.52 Å². The average Bonchev–Trinajstić information content (AvgIpc) is 2.06. The Kier molecular flexibility index (Phi) is 2.94. The van der Waals surface area contributed by atoms with E-state index in [9.17, 15) is 8.42 Å². The minimum Gasteiger partial charge on any atom is -0.221 e. The maximum Gasteiger partial charge on any atom is 0.238 e. The van der Waals surface area contributed by atoms with Gasteiger partial charge in [0.25, 0.3) is 0 Å². The van der Waals surface area contributed by atoms with E-state index in [1.807, 2.05) is 0 Å². The Morgan fingerprint density at radius 3 is 2.33 bits per heavy atom. The van der Waals surface area contributed by atoms with Gasteiger partial charge in [0.2, 0.25) is 10.0 Å². The number of rotatable bonds is 2. The molecular weight excluding hydrogens is 178 g/mol. The second kappa shape index (κ2) is 3.78. The third kappa shape index (κ3) is 2.12.